The number of carboxylic acids is 1. The summed E-state index contributed by atoms with van der Waals surface area (Å²) in [5.74, 6) is 0.0881. The summed E-state index contributed by atoms with van der Waals surface area (Å²) in [6, 6.07) is 4.44. The predicted octanol–water partition coefficient (Wildman–Crippen LogP) is 8.18. The van der Waals surface area contributed by atoms with E-state index in [-0.39, 0.29) is 0 Å². The van der Waals surface area contributed by atoms with Gasteiger partial charge in [-0.1, -0.05) is 96.5 Å². The molecule has 26 heavy (non-hydrogen) atoms. The maximum atomic E-state index is 10.4. The summed E-state index contributed by atoms with van der Waals surface area (Å²) in [7, 11) is 0. The van der Waals surface area contributed by atoms with Crippen LogP contribution in [0.2, 0.25) is 0 Å². The van der Waals surface area contributed by atoms with Crippen LogP contribution in [0.15, 0.2) is 17.5 Å². The van der Waals surface area contributed by atoms with Crippen LogP contribution in [0.25, 0.3) is 0 Å². The zero-order valence-electron chi connectivity index (χ0n) is 16.9. The normalized spacial score (nSPS) is 12.3. The maximum Gasteiger partial charge on any atom is 0.303 e. The predicted molar refractivity (Wildman–Crippen MR) is 114 cm³/mol. The van der Waals surface area contributed by atoms with Gasteiger partial charge in [0, 0.05) is 11.3 Å². The van der Waals surface area contributed by atoms with Crippen molar-refractivity contribution in [2.24, 2.45) is 0 Å². The van der Waals surface area contributed by atoms with Crippen LogP contribution in [0, 0.1) is 0 Å². The second kappa shape index (κ2) is 16.4. The van der Waals surface area contributed by atoms with E-state index in [1.807, 2.05) is 11.3 Å². The molecule has 0 saturated heterocycles. The molecular formula is C23H40O2S. The van der Waals surface area contributed by atoms with Crippen molar-refractivity contribution >= 4 is 17.3 Å². The van der Waals surface area contributed by atoms with E-state index in [2.05, 4.69) is 24.4 Å². The van der Waals surface area contributed by atoms with E-state index in [0.717, 1.165) is 18.8 Å². The monoisotopic (exact) mass is 380 g/mol. The third-order valence-electron chi connectivity index (χ3n) is 5.31. The van der Waals surface area contributed by atoms with Crippen molar-refractivity contribution in [3.63, 3.8) is 0 Å². The molecule has 2 nitrogen and oxygen atoms in total. The van der Waals surface area contributed by atoms with Crippen LogP contribution >= 0.6 is 11.3 Å². The molecule has 0 fully saturated rings. The van der Waals surface area contributed by atoms with Crippen molar-refractivity contribution in [2.45, 2.75) is 116 Å². The lowest BCUT2D eigenvalue weighted by Gasteiger charge is -2.08. The number of carboxylic acid groups (broad SMARTS) is 1. The first-order valence-corrected chi connectivity index (χ1v) is 11.8. The second-order valence-corrected chi connectivity index (χ2v) is 8.78. The first kappa shape index (κ1) is 23.2. The molecule has 1 N–H and O–H groups in total. The number of unbranched alkanes of at least 4 members (excludes halogenated alkanes) is 13. The summed E-state index contributed by atoms with van der Waals surface area (Å²) >= 11 is 1.90. The molecule has 0 bridgehead atoms. The lowest BCUT2D eigenvalue weighted by atomic mass is 10.00. The van der Waals surface area contributed by atoms with Crippen LogP contribution < -0.4 is 0 Å². The minimum absolute atomic E-state index is 0.341. The molecule has 1 unspecified atom stereocenters. The Morgan fingerprint density at radius 3 is 1.73 bits per heavy atom. The van der Waals surface area contributed by atoms with Crippen LogP contribution in [0.5, 0.6) is 0 Å². The van der Waals surface area contributed by atoms with Gasteiger partial charge in [0.05, 0.1) is 0 Å². The van der Waals surface area contributed by atoms with Crippen molar-refractivity contribution in [1.82, 2.24) is 0 Å². The van der Waals surface area contributed by atoms with Gasteiger partial charge in [-0.15, -0.1) is 11.3 Å². The van der Waals surface area contributed by atoms with Crippen molar-refractivity contribution in [3.05, 3.63) is 22.4 Å². The van der Waals surface area contributed by atoms with E-state index in [0.29, 0.717) is 6.42 Å². The van der Waals surface area contributed by atoms with Crippen LogP contribution in [0.4, 0.5) is 0 Å². The molecule has 150 valence electrons. The molecule has 3 heteroatoms. The topological polar surface area (TPSA) is 37.3 Å². The zero-order chi connectivity index (χ0) is 18.9. The second-order valence-electron chi connectivity index (χ2n) is 7.80. The molecule has 1 atom stereocenters. The third-order valence-corrected chi connectivity index (χ3v) is 6.41. The summed E-state index contributed by atoms with van der Waals surface area (Å²) in [4.78, 5) is 12.0. The third kappa shape index (κ3) is 13.4. The van der Waals surface area contributed by atoms with Crippen LogP contribution in [-0.2, 0) is 4.79 Å². The molecule has 1 heterocycles. The molecule has 0 aromatic carbocycles. The van der Waals surface area contributed by atoms with Crippen LogP contribution in [0.1, 0.15) is 120 Å². The van der Waals surface area contributed by atoms with E-state index in [1.165, 1.54) is 83.5 Å². The largest absolute Gasteiger partial charge is 0.481 e. The quantitative estimate of drug-likeness (QED) is 0.261. The van der Waals surface area contributed by atoms with Crippen molar-refractivity contribution < 1.29 is 9.90 Å². The summed E-state index contributed by atoms with van der Waals surface area (Å²) in [6.07, 6.45) is 20.0. The first-order chi connectivity index (χ1) is 12.7. The maximum absolute atomic E-state index is 10.4. The molecule has 0 amide bonds. The molecule has 0 aliphatic carbocycles. The lowest BCUT2D eigenvalue weighted by molar-refractivity contribution is -0.137. The Labute approximate surface area is 165 Å². The fourth-order valence-corrected chi connectivity index (χ4v) is 4.38. The Kier molecular flexibility index (Phi) is 14.6. The molecule has 0 spiro atoms. The average Bonchev–Trinajstić information content (AvgIpc) is 3.15. The molecule has 0 radical (unpaired) electrons. The highest BCUT2D eigenvalue weighted by molar-refractivity contribution is 7.10. The Balaban J connectivity index is 1.73. The van der Waals surface area contributed by atoms with Crippen molar-refractivity contribution in [2.75, 3.05) is 0 Å². The van der Waals surface area contributed by atoms with Crippen LogP contribution in [-0.4, -0.2) is 11.1 Å². The molecular weight excluding hydrogens is 340 g/mol. The van der Waals surface area contributed by atoms with Gasteiger partial charge in [0.15, 0.2) is 0 Å². The standard InChI is InChI=1S/C23H40O2S/c1-21(22-18-16-20-26-22)17-14-12-10-8-6-4-2-3-5-7-9-11-13-15-19-23(24)25/h16,18,20-21H,2-15,17,19H2,1H3,(H,24,25). The zero-order valence-corrected chi connectivity index (χ0v) is 17.7. The van der Waals surface area contributed by atoms with Gasteiger partial charge in [0.1, 0.15) is 0 Å². The summed E-state index contributed by atoms with van der Waals surface area (Å²) in [5, 5.41) is 10.8. The number of aliphatic carboxylic acids is 1. The number of hydrogen-bond donors (Lipinski definition) is 1. The lowest BCUT2D eigenvalue weighted by Crippen LogP contribution is -1.93. The fourth-order valence-electron chi connectivity index (χ4n) is 3.56. The Hall–Kier alpha value is -0.830. The Bertz CT molecular complexity index is 427. The molecule has 1 aromatic heterocycles. The van der Waals surface area contributed by atoms with Gasteiger partial charge >= 0.3 is 5.97 Å². The number of carbonyl (C=O) groups is 1. The molecule has 1 aromatic rings. The molecule has 0 aliphatic rings. The van der Waals surface area contributed by atoms with Gasteiger partial charge in [0.25, 0.3) is 0 Å². The van der Waals surface area contributed by atoms with Gasteiger partial charge in [0.2, 0.25) is 0 Å². The van der Waals surface area contributed by atoms with Crippen molar-refractivity contribution in [1.29, 1.82) is 0 Å². The van der Waals surface area contributed by atoms with Crippen LogP contribution in [0.3, 0.4) is 0 Å². The molecule has 0 saturated carbocycles. The highest BCUT2D eigenvalue weighted by Crippen LogP contribution is 2.26. The molecule has 0 aliphatic heterocycles. The Morgan fingerprint density at radius 1 is 0.846 bits per heavy atom. The van der Waals surface area contributed by atoms with Gasteiger partial charge in [-0.05, 0) is 30.2 Å². The molecule has 1 rings (SSSR count). The van der Waals surface area contributed by atoms with E-state index in [9.17, 15) is 4.79 Å². The minimum atomic E-state index is -0.655. The summed E-state index contributed by atoms with van der Waals surface area (Å²) in [6.45, 7) is 2.36. The van der Waals surface area contributed by atoms with Gasteiger partial charge in [-0.2, -0.15) is 0 Å². The first-order valence-electron chi connectivity index (χ1n) is 11.0. The average molecular weight is 381 g/mol. The minimum Gasteiger partial charge on any atom is -0.481 e. The van der Waals surface area contributed by atoms with E-state index < -0.39 is 5.97 Å². The fraction of sp³-hybridized carbons (Fsp3) is 0.783. The summed E-state index contributed by atoms with van der Waals surface area (Å²) < 4.78 is 0. The van der Waals surface area contributed by atoms with Crippen molar-refractivity contribution in [3.8, 4) is 0 Å². The smallest absolute Gasteiger partial charge is 0.303 e. The number of thiophene rings is 1. The number of rotatable bonds is 18. The van der Waals surface area contributed by atoms with E-state index in [1.54, 1.807) is 4.88 Å². The van der Waals surface area contributed by atoms with E-state index >= 15 is 0 Å². The Morgan fingerprint density at radius 2 is 1.31 bits per heavy atom. The highest BCUT2D eigenvalue weighted by Gasteiger charge is 2.05. The number of hydrogen-bond acceptors (Lipinski definition) is 2. The van der Waals surface area contributed by atoms with Gasteiger partial charge < -0.3 is 5.11 Å². The SMILES string of the molecule is CC(CCCCCCCCCCCCCCCCC(=O)O)c1cccs1. The summed E-state index contributed by atoms with van der Waals surface area (Å²) in [5.41, 5.74) is 0. The van der Waals surface area contributed by atoms with Gasteiger partial charge in [-0.25, -0.2) is 0 Å². The van der Waals surface area contributed by atoms with Gasteiger partial charge in [-0.3, -0.25) is 4.79 Å². The highest BCUT2D eigenvalue weighted by atomic mass is 32.1. The van der Waals surface area contributed by atoms with E-state index in [4.69, 9.17) is 5.11 Å².